The number of benzene rings is 1. The van der Waals surface area contributed by atoms with Gasteiger partial charge in [0.05, 0.1) is 23.2 Å². The number of imidazole rings is 1. The summed E-state index contributed by atoms with van der Waals surface area (Å²) in [5, 5.41) is 18.2. The Labute approximate surface area is 196 Å². The molecular weight excluding hydrogens is 430 g/mol. The molecule has 0 atom stereocenters. The first kappa shape index (κ1) is 21.7. The molecule has 9 nitrogen and oxygen atoms in total. The van der Waals surface area contributed by atoms with E-state index in [1.165, 1.54) is 18.4 Å². The number of aryl methyl sites for hydroxylation is 2. The summed E-state index contributed by atoms with van der Waals surface area (Å²) in [7, 11) is 0. The van der Waals surface area contributed by atoms with Crippen LogP contribution >= 0.6 is 0 Å². The lowest BCUT2D eigenvalue weighted by atomic mass is 10.00. The van der Waals surface area contributed by atoms with E-state index < -0.39 is 0 Å². The van der Waals surface area contributed by atoms with Gasteiger partial charge in [-0.25, -0.2) is 4.98 Å². The lowest BCUT2D eigenvalue weighted by molar-refractivity contribution is -0.117. The molecule has 5 rings (SSSR count). The Hall–Kier alpha value is -4.14. The zero-order valence-corrected chi connectivity index (χ0v) is 19.2. The Kier molecular flexibility index (Phi) is 5.53. The Morgan fingerprint density at radius 1 is 1.29 bits per heavy atom. The largest absolute Gasteiger partial charge is 0.384 e. The predicted molar refractivity (Wildman–Crippen MR) is 131 cm³/mol. The number of rotatable bonds is 8. The molecule has 0 spiro atoms. The molecule has 0 aliphatic heterocycles. The highest BCUT2D eigenvalue weighted by Gasteiger charge is 2.23. The number of anilines is 1. The van der Waals surface area contributed by atoms with Gasteiger partial charge >= 0.3 is 0 Å². The van der Waals surface area contributed by atoms with Gasteiger partial charge in [0.15, 0.2) is 11.4 Å². The van der Waals surface area contributed by atoms with Crippen molar-refractivity contribution >= 4 is 34.6 Å². The summed E-state index contributed by atoms with van der Waals surface area (Å²) >= 11 is 0. The van der Waals surface area contributed by atoms with Crippen molar-refractivity contribution < 1.29 is 9.32 Å². The summed E-state index contributed by atoms with van der Waals surface area (Å²) in [6.45, 7) is 4.62. The molecule has 9 heteroatoms. The Balaban J connectivity index is 1.23. The first-order valence-electron chi connectivity index (χ1n) is 11.3. The van der Waals surface area contributed by atoms with Gasteiger partial charge in [0, 0.05) is 36.9 Å². The number of fused-ring (bicyclic) bond motifs is 2. The van der Waals surface area contributed by atoms with Crippen LogP contribution < -0.4 is 16.4 Å². The number of hydrogen-bond acceptors (Lipinski definition) is 7. The van der Waals surface area contributed by atoms with E-state index in [1.54, 1.807) is 6.20 Å². The van der Waals surface area contributed by atoms with Crippen LogP contribution in [0.2, 0.25) is 0 Å². The predicted octanol–water partition coefficient (Wildman–Crippen LogP) is 3.49. The molecule has 1 aliphatic rings. The molecule has 0 radical (unpaired) electrons. The van der Waals surface area contributed by atoms with Crippen molar-refractivity contribution in [1.29, 1.82) is 5.41 Å². The molecule has 1 aromatic carbocycles. The fourth-order valence-electron chi connectivity index (χ4n) is 4.24. The number of hydrogen-bond donors (Lipinski definition) is 4. The fraction of sp³-hybridized carbons (Fsp3) is 0.280. The molecule has 4 aromatic rings. The maximum absolute atomic E-state index is 12.7. The SMILES string of the molecule is Cc1cc2c(N)noc2c(C)c1CNC(=O)/C(C=N)=C/NCc1cn2cc(C3CC3)ccc2n1. The van der Waals surface area contributed by atoms with E-state index in [4.69, 9.17) is 15.7 Å². The molecule has 1 fully saturated rings. The van der Waals surface area contributed by atoms with Gasteiger partial charge in [0.1, 0.15) is 5.65 Å². The number of amides is 1. The minimum atomic E-state index is -0.345. The van der Waals surface area contributed by atoms with Gasteiger partial charge in [-0.3, -0.25) is 4.79 Å². The summed E-state index contributed by atoms with van der Waals surface area (Å²) in [5.74, 6) is 0.696. The quantitative estimate of drug-likeness (QED) is 0.236. The normalized spacial score (nSPS) is 14.0. The van der Waals surface area contributed by atoms with Crippen molar-refractivity contribution in [2.24, 2.45) is 0 Å². The number of nitrogens with zero attached hydrogens (tertiary/aromatic N) is 3. The molecule has 34 heavy (non-hydrogen) atoms. The lowest BCUT2D eigenvalue weighted by Crippen LogP contribution is -2.27. The number of carbonyl (C=O) groups is 1. The first-order chi connectivity index (χ1) is 16.4. The molecule has 0 saturated heterocycles. The van der Waals surface area contributed by atoms with Crippen molar-refractivity contribution in [3.63, 3.8) is 0 Å². The van der Waals surface area contributed by atoms with E-state index in [0.29, 0.717) is 30.4 Å². The summed E-state index contributed by atoms with van der Waals surface area (Å²) < 4.78 is 7.38. The Bertz CT molecular complexity index is 1440. The zero-order valence-electron chi connectivity index (χ0n) is 19.2. The highest BCUT2D eigenvalue weighted by molar-refractivity contribution is 6.11. The average Bonchev–Trinajstić information content (AvgIpc) is 3.50. The van der Waals surface area contributed by atoms with E-state index in [2.05, 4.69) is 33.0 Å². The molecule has 1 amide bonds. The molecule has 0 bridgehead atoms. The first-order valence-corrected chi connectivity index (χ1v) is 11.3. The number of nitrogens with one attached hydrogen (secondary N) is 3. The molecule has 3 heterocycles. The summed E-state index contributed by atoms with van der Waals surface area (Å²) in [4.78, 5) is 17.3. The topological polar surface area (TPSA) is 134 Å². The summed E-state index contributed by atoms with van der Waals surface area (Å²) in [5.41, 5.74) is 12.6. The van der Waals surface area contributed by atoms with E-state index in [1.807, 2.05) is 36.6 Å². The minimum absolute atomic E-state index is 0.222. The molecular formula is C25H27N7O2. The monoisotopic (exact) mass is 457 g/mol. The molecule has 3 aromatic heterocycles. The van der Waals surface area contributed by atoms with Crippen LogP contribution in [0, 0.1) is 19.3 Å². The number of nitrogen functional groups attached to an aromatic ring is 1. The van der Waals surface area contributed by atoms with Crippen molar-refractivity contribution in [1.82, 2.24) is 25.2 Å². The van der Waals surface area contributed by atoms with Crippen LogP contribution in [-0.2, 0) is 17.9 Å². The van der Waals surface area contributed by atoms with Crippen LogP contribution in [0.15, 0.2) is 46.9 Å². The number of pyridine rings is 1. The van der Waals surface area contributed by atoms with E-state index in [9.17, 15) is 4.79 Å². The Morgan fingerprint density at radius 2 is 2.12 bits per heavy atom. The highest BCUT2D eigenvalue weighted by atomic mass is 16.5. The van der Waals surface area contributed by atoms with Gasteiger partial charge in [0.2, 0.25) is 0 Å². The van der Waals surface area contributed by atoms with E-state index >= 15 is 0 Å². The zero-order chi connectivity index (χ0) is 23.8. The van der Waals surface area contributed by atoms with Crippen LogP contribution in [0.5, 0.6) is 0 Å². The van der Waals surface area contributed by atoms with E-state index in [-0.39, 0.29) is 11.5 Å². The lowest BCUT2D eigenvalue weighted by Gasteiger charge is -2.12. The molecule has 1 saturated carbocycles. The van der Waals surface area contributed by atoms with Gasteiger partial charge < -0.3 is 30.7 Å². The van der Waals surface area contributed by atoms with Crippen molar-refractivity contribution in [3.8, 4) is 0 Å². The van der Waals surface area contributed by atoms with Crippen molar-refractivity contribution in [2.75, 3.05) is 5.73 Å². The van der Waals surface area contributed by atoms with Gasteiger partial charge in [-0.1, -0.05) is 11.2 Å². The van der Waals surface area contributed by atoms with Crippen LogP contribution in [0.4, 0.5) is 5.82 Å². The molecule has 174 valence electrons. The average molecular weight is 458 g/mol. The molecule has 5 N–H and O–H groups in total. The minimum Gasteiger partial charge on any atom is -0.384 e. The molecule has 0 unspecified atom stereocenters. The number of aromatic nitrogens is 3. The third-order valence-corrected chi connectivity index (χ3v) is 6.34. The van der Waals surface area contributed by atoms with Gasteiger partial charge in [-0.2, -0.15) is 0 Å². The smallest absolute Gasteiger partial charge is 0.254 e. The van der Waals surface area contributed by atoms with Gasteiger partial charge in [0.25, 0.3) is 5.91 Å². The van der Waals surface area contributed by atoms with Crippen LogP contribution in [-0.4, -0.2) is 26.7 Å². The molecule has 1 aliphatic carbocycles. The summed E-state index contributed by atoms with van der Waals surface area (Å²) in [6, 6.07) is 6.10. The van der Waals surface area contributed by atoms with Crippen molar-refractivity contribution in [3.05, 3.63) is 70.3 Å². The van der Waals surface area contributed by atoms with Gasteiger partial charge in [-0.15, -0.1) is 0 Å². The second-order valence-electron chi connectivity index (χ2n) is 8.78. The maximum atomic E-state index is 12.7. The number of carbonyl (C=O) groups excluding carboxylic acids is 1. The van der Waals surface area contributed by atoms with E-state index in [0.717, 1.165) is 39.6 Å². The number of nitrogens with two attached hydrogens (primary N) is 1. The second kappa shape index (κ2) is 8.66. The Morgan fingerprint density at radius 3 is 2.88 bits per heavy atom. The van der Waals surface area contributed by atoms with Crippen LogP contribution in [0.1, 0.15) is 46.7 Å². The fourth-order valence-corrected chi connectivity index (χ4v) is 4.24. The maximum Gasteiger partial charge on any atom is 0.254 e. The third-order valence-electron chi connectivity index (χ3n) is 6.34. The van der Waals surface area contributed by atoms with Crippen LogP contribution in [0.25, 0.3) is 16.6 Å². The second-order valence-corrected chi connectivity index (χ2v) is 8.78. The van der Waals surface area contributed by atoms with Crippen molar-refractivity contribution in [2.45, 2.75) is 45.7 Å². The standard InChI is InChI=1S/C25H27N7O2/c1-14-7-20-23(34-31-24(20)27)15(2)21(14)11-29-25(33)18(8-26)9-28-10-19-13-32-12-17(16-3-4-16)5-6-22(32)30-19/h5-9,12-13,16,26,28H,3-4,10-11H2,1-2H3,(H2,27,31)(H,29,33)/b18-9+,26-8?. The third kappa shape index (κ3) is 4.12. The van der Waals surface area contributed by atoms with Crippen LogP contribution in [0.3, 0.4) is 0 Å². The van der Waals surface area contributed by atoms with Gasteiger partial charge in [-0.05, 0) is 61.4 Å². The highest BCUT2D eigenvalue weighted by Crippen LogP contribution is 2.39. The summed E-state index contributed by atoms with van der Waals surface area (Å²) in [6.07, 6.45) is 9.23.